The molecule has 0 aliphatic heterocycles. The molecule has 0 amide bonds. The SMILES string of the molecule is CCc1ccccc1S. The lowest BCUT2D eigenvalue weighted by molar-refractivity contribution is 1.09. The van der Waals surface area contributed by atoms with E-state index in [2.05, 4.69) is 25.6 Å². The number of aryl methyl sites for hydroxylation is 1. The lowest BCUT2D eigenvalue weighted by Gasteiger charge is -1.97. The van der Waals surface area contributed by atoms with Crippen LogP contribution in [-0.2, 0) is 6.42 Å². The molecule has 9 heavy (non-hydrogen) atoms. The number of hydrogen-bond acceptors (Lipinski definition) is 1. The van der Waals surface area contributed by atoms with Gasteiger partial charge in [-0.2, -0.15) is 0 Å². The Morgan fingerprint density at radius 2 is 2.00 bits per heavy atom. The molecule has 0 aromatic heterocycles. The summed E-state index contributed by atoms with van der Waals surface area (Å²) in [6.07, 6.45) is 1.07. The molecular formula is C8H10S. The van der Waals surface area contributed by atoms with Crippen LogP contribution in [-0.4, -0.2) is 0 Å². The largest absolute Gasteiger partial charge is 0.143 e. The predicted molar refractivity (Wildman–Crippen MR) is 43.1 cm³/mol. The predicted octanol–water partition coefficient (Wildman–Crippen LogP) is 2.54. The number of rotatable bonds is 1. The van der Waals surface area contributed by atoms with E-state index in [9.17, 15) is 0 Å². The van der Waals surface area contributed by atoms with Crippen LogP contribution in [0.2, 0.25) is 0 Å². The molecule has 1 aromatic carbocycles. The minimum atomic E-state index is 1.07. The summed E-state index contributed by atoms with van der Waals surface area (Å²) in [7, 11) is 0. The second kappa shape index (κ2) is 2.92. The van der Waals surface area contributed by atoms with Crippen LogP contribution in [0.15, 0.2) is 29.2 Å². The summed E-state index contributed by atoms with van der Waals surface area (Å²) in [5.74, 6) is 0. The molecule has 48 valence electrons. The molecule has 0 bridgehead atoms. The molecule has 0 saturated heterocycles. The van der Waals surface area contributed by atoms with Crippen molar-refractivity contribution in [3.63, 3.8) is 0 Å². The molecule has 1 rings (SSSR count). The van der Waals surface area contributed by atoms with Crippen molar-refractivity contribution < 1.29 is 0 Å². The Balaban J connectivity index is 3.01. The Morgan fingerprint density at radius 3 is 2.44 bits per heavy atom. The van der Waals surface area contributed by atoms with Crippen molar-refractivity contribution in [2.24, 2.45) is 0 Å². The van der Waals surface area contributed by atoms with Crippen molar-refractivity contribution >= 4 is 12.6 Å². The van der Waals surface area contributed by atoms with Gasteiger partial charge in [0.2, 0.25) is 0 Å². The Labute approximate surface area is 61.3 Å². The summed E-state index contributed by atoms with van der Waals surface area (Å²) < 4.78 is 0. The summed E-state index contributed by atoms with van der Waals surface area (Å²) in [5, 5.41) is 0. The normalized spacial score (nSPS) is 9.56. The highest BCUT2D eigenvalue weighted by atomic mass is 32.1. The van der Waals surface area contributed by atoms with Crippen LogP contribution in [0.25, 0.3) is 0 Å². The van der Waals surface area contributed by atoms with Gasteiger partial charge in [-0.1, -0.05) is 25.1 Å². The average Bonchev–Trinajstić information content (AvgIpc) is 1.89. The van der Waals surface area contributed by atoms with Crippen molar-refractivity contribution in [1.82, 2.24) is 0 Å². The molecule has 0 nitrogen and oxygen atoms in total. The van der Waals surface area contributed by atoms with Crippen LogP contribution < -0.4 is 0 Å². The van der Waals surface area contributed by atoms with Gasteiger partial charge in [0.25, 0.3) is 0 Å². The monoisotopic (exact) mass is 138 g/mol. The molecule has 0 heterocycles. The van der Waals surface area contributed by atoms with E-state index in [0.29, 0.717) is 0 Å². The number of hydrogen-bond donors (Lipinski definition) is 1. The topological polar surface area (TPSA) is 0 Å². The second-order valence-electron chi connectivity index (χ2n) is 1.98. The summed E-state index contributed by atoms with van der Waals surface area (Å²) in [4.78, 5) is 1.10. The van der Waals surface area contributed by atoms with Gasteiger partial charge in [-0.05, 0) is 18.1 Å². The van der Waals surface area contributed by atoms with Gasteiger partial charge in [-0.3, -0.25) is 0 Å². The highest BCUT2D eigenvalue weighted by molar-refractivity contribution is 7.80. The van der Waals surface area contributed by atoms with Gasteiger partial charge in [0.05, 0.1) is 0 Å². The molecule has 0 N–H and O–H groups in total. The molecule has 0 aliphatic rings. The maximum atomic E-state index is 4.28. The fraction of sp³-hybridized carbons (Fsp3) is 0.250. The van der Waals surface area contributed by atoms with E-state index < -0.39 is 0 Å². The Bertz CT molecular complexity index is 194. The summed E-state index contributed by atoms with van der Waals surface area (Å²) in [5.41, 5.74) is 1.32. The van der Waals surface area contributed by atoms with Crippen LogP contribution >= 0.6 is 12.6 Å². The van der Waals surface area contributed by atoms with Gasteiger partial charge in [-0.25, -0.2) is 0 Å². The van der Waals surface area contributed by atoms with Gasteiger partial charge in [0, 0.05) is 4.90 Å². The Morgan fingerprint density at radius 1 is 1.33 bits per heavy atom. The fourth-order valence-electron chi connectivity index (χ4n) is 0.810. The minimum Gasteiger partial charge on any atom is -0.143 e. The first-order chi connectivity index (χ1) is 4.34. The lowest BCUT2D eigenvalue weighted by Crippen LogP contribution is -1.79. The smallest absolute Gasteiger partial charge is 0.00719 e. The van der Waals surface area contributed by atoms with E-state index in [0.717, 1.165) is 11.3 Å². The maximum absolute atomic E-state index is 4.28. The van der Waals surface area contributed by atoms with E-state index in [1.165, 1.54) is 5.56 Å². The molecule has 0 aliphatic carbocycles. The summed E-state index contributed by atoms with van der Waals surface area (Å²) >= 11 is 4.28. The van der Waals surface area contributed by atoms with E-state index in [-0.39, 0.29) is 0 Å². The van der Waals surface area contributed by atoms with Crippen molar-refractivity contribution in [2.45, 2.75) is 18.2 Å². The first-order valence-electron chi connectivity index (χ1n) is 3.11. The standard InChI is InChI=1S/C8H10S/c1-2-7-5-3-4-6-8(7)9/h3-6,9H,2H2,1H3. The van der Waals surface area contributed by atoms with Gasteiger partial charge in [-0.15, -0.1) is 12.6 Å². The van der Waals surface area contributed by atoms with Crippen LogP contribution in [0, 0.1) is 0 Å². The van der Waals surface area contributed by atoms with Crippen LogP contribution in [0.3, 0.4) is 0 Å². The van der Waals surface area contributed by atoms with Crippen molar-refractivity contribution in [3.05, 3.63) is 29.8 Å². The molecule has 1 aromatic rings. The Kier molecular flexibility index (Phi) is 2.17. The zero-order valence-electron chi connectivity index (χ0n) is 5.46. The minimum absolute atomic E-state index is 1.07. The van der Waals surface area contributed by atoms with Crippen molar-refractivity contribution in [3.8, 4) is 0 Å². The molecule has 0 atom stereocenters. The molecule has 0 unspecified atom stereocenters. The van der Waals surface area contributed by atoms with Crippen molar-refractivity contribution in [2.75, 3.05) is 0 Å². The van der Waals surface area contributed by atoms with Crippen LogP contribution in [0.1, 0.15) is 12.5 Å². The molecule has 0 radical (unpaired) electrons. The molecule has 0 saturated carbocycles. The summed E-state index contributed by atoms with van der Waals surface area (Å²) in [6, 6.07) is 8.16. The third kappa shape index (κ3) is 1.49. The maximum Gasteiger partial charge on any atom is 0.00719 e. The van der Waals surface area contributed by atoms with E-state index in [1.54, 1.807) is 0 Å². The van der Waals surface area contributed by atoms with Crippen molar-refractivity contribution in [1.29, 1.82) is 0 Å². The second-order valence-corrected chi connectivity index (χ2v) is 2.46. The Hall–Kier alpha value is -0.430. The van der Waals surface area contributed by atoms with Gasteiger partial charge < -0.3 is 0 Å². The highest BCUT2D eigenvalue weighted by Crippen LogP contribution is 2.12. The lowest BCUT2D eigenvalue weighted by atomic mass is 10.2. The molecular weight excluding hydrogens is 128 g/mol. The first kappa shape index (κ1) is 6.69. The van der Waals surface area contributed by atoms with Crippen LogP contribution in [0.4, 0.5) is 0 Å². The number of benzene rings is 1. The van der Waals surface area contributed by atoms with E-state index >= 15 is 0 Å². The fourth-order valence-corrected chi connectivity index (χ4v) is 1.13. The van der Waals surface area contributed by atoms with E-state index in [1.807, 2.05) is 18.2 Å². The third-order valence-electron chi connectivity index (χ3n) is 1.37. The van der Waals surface area contributed by atoms with Gasteiger partial charge in [0.15, 0.2) is 0 Å². The average molecular weight is 138 g/mol. The quantitative estimate of drug-likeness (QED) is 0.566. The van der Waals surface area contributed by atoms with Crippen LogP contribution in [0.5, 0.6) is 0 Å². The zero-order valence-corrected chi connectivity index (χ0v) is 6.36. The van der Waals surface area contributed by atoms with E-state index in [4.69, 9.17) is 0 Å². The molecule has 1 heteroatoms. The molecule has 0 spiro atoms. The number of thiol groups is 1. The summed E-state index contributed by atoms with van der Waals surface area (Å²) in [6.45, 7) is 2.13. The van der Waals surface area contributed by atoms with Gasteiger partial charge >= 0.3 is 0 Å². The third-order valence-corrected chi connectivity index (χ3v) is 1.81. The first-order valence-corrected chi connectivity index (χ1v) is 3.56. The molecule has 0 fully saturated rings. The van der Waals surface area contributed by atoms with Gasteiger partial charge in [0.1, 0.15) is 0 Å². The zero-order chi connectivity index (χ0) is 6.69. The highest BCUT2D eigenvalue weighted by Gasteiger charge is 1.90.